The molecule has 0 radical (unpaired) electrons. The van der Waals surface area contributed by atoms with E-state index in [0.29, 0.717) is 17.0 Å². The zero-order valence-corrected chi connectivity index (χ0v) is 15.9. The minimum absolute atomic E-state index is 0.209. The van der Waals surface area contributed by atoms with Gasteiger partial charge in [0.15, 0.2) is 6.61 Å². The maximum atomic E-state index is 12.5. The summed E-state index contributed by atoms with van der Waals surface area (Å²) in [4.78, 5) is 13.0. The van der Waals surface area contributed by atoms with Crippen LogP contribution in [0.3, 0.4) is 0 Å². The third-order valence-corrected chi connectivity index (χ3v) is 5.40. The zero-order valence-electron chi connectivity index (χ0n) is 15.9. The van der Waals surface area contributed by atoms with Crippen molar-refractivity contribution < 1.29 is 18.3 Å². The lowest BCUT2D eigenvalue weighted by Crippen LogP contribution is -2.49. The Morgan fingerprint density at radius 2 is 2.00 bits per heavy atom. The second kappa shape index (κ2) is 8.96. The van der Waals surface area contributed by atoms with Crippen molar-refractivity contribution in [3.8, 4) is 5.88 Å². The highest BCUT2D eigenvalue weighted by molar-refractivity contribution is 5.86. The van der Waals surface area contributed by atoms with Crippen LogP contribution in [0, 0.1) is 0 Å². The van der Waals surface area contributed by atoms with E-state index in [1.54, 1.807) is 0 Å². The van der Waals surface area contributed by atoms with Crippen molar-refractivity contribution in [1.82, 2.24) is 14.9 Å². The normalized spacial score (nSPS) is 21.4. The molecule has 0 amide bonds. The molecule has 0 spiro atoms. The van der Waals surface area contributed by atoms with Gasteiger partial charge < -0.3 is 14.4 Å². The first-order valence-corrected chi connectivity index (χ1v) is 9.93. The number of nitrogens with zero attached hydrogens (tertiary/aromatic N) is 4. The van der Waals surface area contributed by atoms with Crippen molar-refractivity contribution in [2.75, 3.05) is 50.8 Å². The number of fused-ring (bicyclic) bond motifs is 1. The third-order valence-electron chi connectivity index (χ3n) is 5.40. The Hall–Kier alpha value is -2.06. The van der Waals surface area contributed by atoms with Crippen molar-refractivity contribution in [2.45, 2.75) is 31.8 Å². The maximum Gasteiger partial charge on any atom is 0.272 e. The number of hydrogen-bond donors (Lipinski definition) is 0. The molecule has 0 N–H and O–H groups in total. The van der Waals surface area contributed by atoms with Crippen molar-refractivity contribution in [3.63, 3.8) is 0 Å². The van der Waals surface area contributed by atoms with Crippen LogP contribution in [0.15, 0.2) is 24.5 Å². The van der Waals surface area contributed by atoms with Crippen LogP contribution >= 0.6 is 0 Å². The fraction of sp³-hybridized carbons (Fsp3) is 0.600. The molecule has 0 saturated carbocycles. The molecule has 2 aliphatic rings. The van der Waals surface area contributed by atoms with Crippen LogP contribution in [0.5, 0.6) is 5.88 Å². The Morgan fingerprint density at radius 1 is 1.14 bits per heavy atom. The van der Waals surface area contributed by atoms with Gasteiger partial charge >= 0.3 is 0 Å². The largest absolute Gasteiger partial charge is 0.471 e. The Bertz CT molecular complexity index is 778. The Balaban J connectivity index is 1.41. The molecule has 4 rings (SSSR count). The van der Waals surface area contributed by atoms with Crippen LogP contribution in [-0.4, -0.2) is 73.3 Å². The van der Waals surface area contributed by atoms with E-state index in [-0.39, 0.29) is 5.88 Å². The predicted octanol–water partition coefficient (Wildman–Crippen LogP) is 2.96. The van der Waals surface area contributed by atoms with E-state index < -0.39 is 13.0 Å². The standard InChI is InChI=1S/C20H26F2N4O2/c21-19(22)13-28-20-17-11-15(4-5-18(17)23-14-24-20)26-8-6-25(7-9-26)12-16-3-1-2-10-27-16/h4-5,11,14,16,19H,1-3,6-10,12-13H2. The number of ether oxygens (including phenoxy) is 2. The Morgan fingerprint density at radius 3 is 2.75 bits per heavy atom. The number of anilines is 1. The molecule has 152 valence electrons. The highest BCUT2D eigenvalue weighted by Crippen LogP contribution is 2.28. The van der Waals surface area contributed by atoms with Crippen molar-refractivity contribution in [1.29, 1.82) is 0 Å². The fourth-order valence-corrected chi connectivity index (χ4v) is 3.90. The predicted molar refractivity (Wildman–Crippen MR) is 103 cm³/mol. The van der Waals surface area contributed by atoms with E-state index in [1.807, 2.05) is 18.2 Å². The number of alkyl halides is 2. The lowest BCUT2D eigenvalue weighted by atomic mass is 10.1. The van der Waals surface area contributed by atoms with Gasteiger partial charge in [-0.25, -0.2) is 18.7 Å². The molecule has 1 aromatic carbocycles. The van der Waals surface area contributed by atoms with E-state index >= 15 is 0 Å². The van der Waals surface area contributed by atoms with Crippen molar-refractivity contribution in [3.05, 3.63) is 24.5 Å². The first kappa shape index (κ1) is 19.3. The van der Waals surface area contributed by atoms with E-state index in [2.05, 4.69) is 19.8 Å². The highest BCUT2D eigenvalue weighted by Gasteiger charge is 2.22. The van der Waals surface area contributed by atoms with E-state index in [0.717, 1.165) is 51.4 Å². The number of piperazine rings is 1. The molecule has 1 unspecified atom stereocenters. The third kappa shape index (κ3) is 4.67. The van der Waals surface area contributed by atoms with Gasteiger partial charge in [0.2, 0.25) is 5.88 Å². The highest BCUT2D eigenvalue weighted by atomic mass is 19.3. The van der Waals surface area contributed by atoms with Crippen LogP contribution in [0.1, 0.15) is 19.3 Å². The first-order chi connectivity index (χ1) is 13.7. The molecule has 2 aliphatic heterocycles. The second-order valence-corrected chi connectivity index (χ2v) is 7.36. The van der Waals surface area contributed by atoms with Crippen molar-refractivity contribution >= 4 is 16.6 Å². The average molecular weight is 392 g/mol. The fourth-order valence-electron chi connectivity index (χ4n) is 3.90. The van der Waals surface area contributed by atoms with Crippen LogP contribution in [0.4, 0.5) is 14.5 Å². The van der Waals surface area contributed by atoms with E-state index in [4.69, 9.17) is 9.47 Å². The smallest absolute Gasteiger partial charge is 0.272 e. The number of benzene rings is 1. The monoisotopic (exact) mass is 392 g/mol. The van der Waals surface area contributed by atoms with E-state index in [9.17, 15) is 8.78 Å². The SMILES string of the molecule is FC(F)COc1ncnc2ccc(N3CCN(CC4CCCCO4)CC3)cc12. The minimum atomic E-state index is -2.53. The second-order valence-electron chi connectivity index (χ2n) is 7.36. The molecule has 28 heavy (non-hydrogen) atoms. The summed E-state index contributed by atoms with van der Waals surface area (Å²) in [5.74, 6) is 0.209. The van der Waals surface area contributed by atoms with Crippen LogP contribution < -0.4 is 9.64 Å². The molecule has 3 heterocycles. The summed E-state index contributed by atoms with van der Waals surface area (Å²) in [6.07, 6.45) is 2.78. The van der Waals surface area contributed by atoms with Crippen molar-refractivity contribution in [2.24, 2.45) is 0 Å². The summed E-state index contributed by atoms with van der Waals surface area (Å²) in [6.45, 7) is 5.02. The lowest BCUT2D eigenvalue weighted by Gasteiger charge is -2.38. The molecule has 1 aromatic heterocycles. The lowest BCUT2D eigenvalue weighted by molar-refractivity contribution is -0.00645. The molecular formula is C20H26F2N4O2. The number of hydrogen-bond acceptors (Lipinski definition) is 6. The summed E-state index contributed by atoms with van der Waals surface area (Å²) in [5, 5.41) is 0.665. The van der Waals surface area contributed by atoms with Gasteiger partial charge in [-0.1, -0.05) is 0 Å². The Kier molecular flexibility index (Phi) is 6.17. The number of rotatable bonds is 6. The minimum Gasteiger partial charge on any atom is -0.471 e. The summed E-state index contributed by atoms with van der Waals surface area (Å²) in [6, 6.07) is 5.85. The van der Waals surface area contributed by atoms with Gasteiger partial charge in [-0.05, 0) is 37.5 Å². The molecule has 0 aliphatic carbocycles. The van der Waals surface area contributed by atoms with Gasteiger partial charge in [0.25, 0.3) is 6.43 Å². The summed E-state index contributed by atoms with van der Waals surface area (Å²) in [5.41, 5.74) is 1.73. The topological polar surface area (TPSA) is 50.7 Å². The number of halogens is 2. The van der Waals surface area contributed by atoms with Crippen LogP contribution in [0.2, 0.25) is 0 Å². The summed E-state index contributed by atoms with van der Waals surface area (Å²) >= 11 is 0. The van der Waals surface area contributed by atoms with Gasteiger partial charge in [0, 0.05) is 45.0 Å². The van der Waals surface area contributed by atoms with Gasteiger partial charge in [0.05, 0.1) is 17.0 Å². The zero-order chi connectivity index (χ0) is 19.3. The molecular weight excluding hydrogens is 366 g/mol. The number of aromatic nitrogens is 2. The Labute approximate surface area is 163 Å². The van der Waals surface area contributed by atoms with E-state index in [1.165, 1.54) is 19.2 Å². The quantitative estimate of drug-likeness (QED) is 0.753. The summed E-state index contributed by atoms with van der Waals surface area (Å²) in [7, 11) is 0. The molecule has 6 nitrogen and oxygen atoms in total. The molecule has 8 heteroatoms. The molecule has 1 atom stereocenters. The van der Waals surface area contributed by atoms with Gasteiger partial charge in [-0.3, -0.25) is 4.90 Å². The molecule has 2 aromatic rings. The van der Waals surface area contributed by atoms with Crippen LogP contribution in [-0.2, 0) is 4.74 Å². The maximum absolute atomic E-state index is 12.5. The van der Waals surface area contributed by atoms with Gasteiger partial charge in [-0.2, -0.15) is 0 Å². The average Bonchev–Trinajstić information content (AvgIpc) is 2.73. The molecule has 2 saturated heterocycles. The first-order valence-electron chi connectivity index (χ1n) is 9.93. The summed E-state index contributed by atoms with van der Waals surface area (Å²) < 4.78 is 36.1. The van der Waals surface area contributed by atoms with Gasteiger partial charge in [-0.15, -0.1) is 0 Å². The molecule has 0 bridgehead atoms. The van der Waals surface area contributed by atoms with Crippen LogP contribution in [0.25, 0.3) is 10.9 Å². The van der Waals surface area contributed by atoms with Gasteiger partial charge in [0.1, 0.15) is 6.33 Å². The molecule has 2 fully saturated rings.